The average molecular weight is 341 g/mol. The Morgan fingerprint density at radius 3 is 2.71 bits per heavy atom. The number of benzene rings is 2. The van der Waals surface area contributed by atoms with Crippen molar-refractivity contribution in [2.45, 2.75) is 18.1 Å². The Morgan fingerprint density at radius 2 is 1.92 bits per heavy atom. The predicted molar refractivity (Wildman–Crippen MR) is 91.9 cm³/mol. The zero-order valence-electron chi connectivity index (χ0n) is 12.8. The highest BCUT2D eigenvalue weighted by Crippen LogP contribution is 2.26. The summed E-state index contributed by atoms with van der Waals surface area (Å²) in [5.41, 5.74) is 1.86. The molecule has 0 unspecified atom stereocenters. The molecule has 0 fully saturated rings. The van der Waals surface area contributed by atoms with E-state index in [1.165, 1.54) is 29.5 Å². The molecule has 24 heavy (non-hydrogen) atoms. The Morgan fingerprint density at radius 1 is 1.08 bits per heavy atom. The number of non-ortho nitro benzene ring substituents is 1. The van der Waals surface area contributed by atoms with E-state index in [1.807, 2.05) is 18.2 Å². The lowest BCUT2D eigenvalue weighted by Gasteiger charge is -1.99. The van der Waals surface area contributed by atoms with Crippen LogP contribution < -0.4 is 0 Å². The van der Waals surface area contributed by atoms with Gasteiger partial charge in [0.15, 0.2) is 0 Å². The van der Waals surface area contributed by atoms with Crippen LogP contribution in [0.5, 0.6) is 0 Å². The second kappa shape index (κ2) is 7.74. The molecule has 122 valence electrons. The second-order valence-electron chi connectivity index (χ2n) is 5.12. The first-order chi connectivity index (χ1) is 11.7. The minimum Gasteiger partial charge on any atom is -0.411 e. The van der Waals surface area contributed by atoms with Gasteiger partial charge in [0.05, 0.1) is 4.92 Å². The molecule has 1 heterocycles. The van der Waals surface area contributed by atoms with Crippen molar-refractivity contribution in [2.75, 3.05) is 5.75 Å². The maximum absolute atomic E-state index is 10.8. The number of nitro groups is 1. The molecule has 0 saturated heterocycles. The fourth-order valence-corrected chi connectivity index (χ4v) is 2.92. The van der Waals surface area contributed by atoms with Crippen LogP contribution in [-0.2, 0) is 6.42 Å². The van der Waals surface area contributed by atoms with Gasteiger partial charge < -0.3 is 4.42 Å². The zero-order chi connectivity index (χ0) is 16.8. The third kappa shape index (κ3) is 4.20. The monoisotopic (exact) mass is 341 g/mol. The summed E-state index contributed by atoms with van der Waals surface area (Å²) in [6.45, 7) is 0. The molecule has 3 aromatic rings. The van der Waals surface area contributed by atoms with Crippen molar-refractivity contribution in [1.82, 2.24) is 10.2 Å². The molecule has 7 heteroatoms. The molecule has 0 radical (unpaired) electrons. The third-order valence-corrected chi connectivity index (χ3v) is 4.29. The molecule has 0 atom stereocenters. The number of thioether (sulfide) groups is 1. The van der Waals surface area contributed by atoms with E-state index in [-0.39, 0.29) is 5.69 Å². The minimum absolute atomic E-state index is 0.00256. The lowest BCUT2D eigenvalue weighted by Crippen LogP contribution is -1.88. The summed E-state index contributed by atoms with van der Waals surface area (Å²) in [5.74, 6) is 1.16. The van der Waals surface area contributed by atoms with Gasteiger partial charge in [0, 0.05) is 23.4 Å². The summed E-state index contributed by atoms with van der Waals surface area (Å²) in [6.07, 6.45) is 2.00. The largest absolute Gasteiger partial charge is 0.411 e. The number of aryl methyl sites for hydroxylation is 1. The molecule has 0 aliphatic carbocycles. The van der Waals surface area contributed by atoms with Crippen molar-refractivity contribution in [3.8, 4) is 11.5 Å². The Bertz CT molecular complexity index is 821. The molecule has 2 aromatic carbocycles. The Balaban J connectivity index is 1.56. The summed E-state index contributed by atoms with van der Waals surface area (Å²) in [6, 6.07) is 16.5. The van der Waals surface area contributed by atoms with E-state index in [2.05, 4.69) is 22.3 Å². The molecule has 3 rings (SSSR count). The standard InChI is InChI=1S/C17H15N3O3S/c21-20(22)15-10-4-9-14(12-15)16-18-19-17(23-16)24-11-5-8-13-6-2-1-3-7-13/h1-4,6-7,9-10,12H,5,8,11H2. The topological polar surface area (TPSA) is 82.1 Å². The average Bonchev–Trinajstić information content (AvgIpc) is 3.09. The Labute approximate surface area is 143 Å². The molecule has 0 bridgehead atoms. The van der Waals surface area contributed by atoms with Crippen LogP contribution in [0, 0.1) is 10.1 Å². The Hall–Kier alpha value is -2.67. The number of hydrogen-bond donors (Lipinski definition) is 0. The van der Waals surface area contributed by atoms with E-state index in [0.717, 1.165) is 18.6 Å². The van der Waals surface area contributed by atoms with Crippen LogP contribution >= 0.6 is 11.8 Å². The smallest absolute Gasteiger partial charge is 0.276 e. The van der Waals surface area contributed by atoms with Gasteiger partial charge in [-0.05, 0) is 24.5 Å². The first-order valence-electron chi connectivity index (χ1n) is 7.47. The van der Waals surface area contributed by atoms with Crippen LogP contribution in [0.1, 0.15) is 12.0 Å². The summed E-state index contributed by atoms with van der Waals surface area (Å²) in [4.78, 5) is 10.4. The highest BCUT2D eigenvalue weighted by Gasteiger charge is 2.12. The van der Waals surface area contributed by atoms with Gasteiger partial charge in [0.2, 0.25) is 5.89 Å². The molecule has 0 aliphatic heterocycles. The van der Waals surface area contributed by atoms with Gasteiger partial charge in [-0.2, -0.15) is 0 Å². The number of aromatic nitrogens is 2. The van der Waals surface area contributed by atoms with Gasteiger partial charge >= 0.3 is 0 Å². The van der Waals surface area contributed by atoms with E-state index in [4.69, 9.17) is 4.42 Å². The quantitative estimate of drug-likeness (QED) is 0.275. The number of nitrogens with zero attached hydrogens (tertiary/aromatic N) is 3. The van der Waals surface area contributed by atoms with Gasteiger partial charge in [0.1, 0.15) is 0 Å². The highest BCUT2D eigenvalue weighted by atomic mass is 32.2. The maximum atomic E-state index is 10.8. The van der Waals surface area contributed by atoms with E-state index >= 15 is 0 Å². The lowest BCUT2D eigenvalue weighted by molar-refractivity contribution is -0.384. The first-order valence-corrected chi connectivity index (χ1v) is 8.46. The van der Waals surface area contributed by atoms with Crippen LogP contribution in [0.2, 0.25) is 0 Å². The first kappa shape index (κ1) is 16.2. The lowest BCUT2D eigenvalue weighted by atomic mass is 10.1. The minimum atomic E-state index is -0.445. The van der Waals surface area contributed by atoms with Gasteiger partial charge in [-0.25, -0.2) is 0 Å². The zero-order valence-corrected chi connectivity index (χ0v) is 13.6. The molecule has 0 N–H and O–H groups in total. The van der Waals surface area contributed by atoms with Crippen LogP contribution in [0.4, 0.5) is 5.69 Å². The molecule has 1 aromatic heterocycles. The van der Waals surface area contributed by atoms with Gasteiger partial charge in [-0.3, -0.25) is 10.1 Å². The van der Waals surface area contributed by atoms with Crippen molar-refractivity contribution in [1.29, 1.82) is 0 Å². The third-order valence-electron chi connectivity index (χ3n) is 3.39. The van der Waals surface area contributed by atoms with Crippen molar-refractivity contribution in [3.05, 3.63) is 70.3 Å². The summed E-state index contributed by atoms with van der Waals surface area (Å²) >= 11 is 1.49. The number of rotatable bonds is 7. The highest BCUT2D eigenvalue weighted by molar-refractivity contribution is 7.99. The molecule has 0 spiro atoms. The molecule has 0 aliphatic rings. The normalized spacial score (nSPS) is 10.7. The van der Waals surface area contributed by atoms with Gasteiger partial charge in [-0.15, -0.1) is 10.2 Å². The van der Waals surface area contributed by atoms with Gasteiger partial charge in [-0.1, -0.05) is 48.2 Å². The van der Waals surface area contributed by atoms with E-state index < -0.39 is 4.92 Å². The molecular weight excluding hydrogens is 326 g/mol. The second-order valence-corrected chi connectivity index (χ2v) is 6.16. The van der Waals surface area contributed by atoms with E-state index in [1.54, 1.807) is 12.1 Å². The Kier molecular flexibility index (Phi) is 5.22. The van der Waals surface area contributed by atoms with Crippen LogP contribution in [0.15, 0.2) is 64.2 Å². The number of nitro benzene ring substituents is 1. The van der Waals surface area contributed by atoms with Crippen molar-refractivity contribution < 1.29 is 9.34 Å². The summed E-state index contributed by atoms with van der Waals surface area (Å²) in [7, 11) is 0. The predicted octanol–water partition coefficient (Wildman–Crippen LogP) is 4.37. The van der Waals surface area contributed by atoms with Crippen molar-refractivity contribution in [3.63, 3.8) is 0 Å². The van der Waals surface area contributed by atoms with Crippen molar-refractivity contribution in [2.24, 2.45) is 0 Å². The SMILES string of the molecule is O=[N+]([O-])c1cccc(-c2nnc(SCCCc3ccccc3)o2)c1. The fraction of sp³-hybridized carbons (Fsp3) is 0.176. The fourth-order valence-electron chi connectivity index (χ4n) is 2.22. The molecule has 0 amide bonds. The summed E-state index contributed by atoms with van der Waals surface area (Å²) in [5, 5.41) is 19.2. The molecular formula is C17H15N3O3S. The van der Waals surface area contributed by atoms with Crippen molar-refractivity contribution >= 4 is 17.4 Å². The van der Waals surface area contributed by atoms with Crippen LogP contribution in [-0.4, -0.2) is 20.9 Å². The van der Waals surface area contributed by atoms with E-state index in [0.29, 0.717) is 16.7 Å². The number of hydrogen-bond acceptors (Lipinski definition) is 6. The maximum Gasteiger partial charge on any atom is 0.276 e. The van der Waals surface area contributed by atoms with Crippen LogP contribution in [0.3, 0.4) is 0 Å². The molecule has 6 nitrogen and oxygen atoms in total. The van der Waals surface area contributed by atoms with E-state index in [9.17, 15) is 10.1 Å². The summed E-state index contributed by atoms with van der Waals surface area (Å²) < 4.78 is 5.57. The molecule has 0 saturated carbocycles. The van der Waals surface area contributed by atoms with Gasteiger partial charge in [0.25, 0.3) is 10.9 Å². The van der Waals surface area contributed by atoms with Crippen LogP contribution in [0.25, 0.3) is 11.5 Å².